The number of ether oxygens (including phenoxy) is 1. The molecule has 26 heavy (non-hydrogen) atoms. The largest absolute Gasteiger partial charge is 0.380 e. The van der Waals surface area contributed by atoms with E-state index in [9.17, 15) is 4.79 Å². The second-order valence-corrected chi connectivity index (χ2v) is 7.80. The fourth-order valence-corrected chi connectivity index (χ4v) is 3.08. The van der Waals surface area contributed by atoms with E-state index in [-0.39, 0.29) is 11.9 Å². The van der Waals surface area contributed by atoms with Crippen molar-refractivity contribution in [1.29, 1.82) is 0 Å². The molecule has 0 fully saturated rings. The SMILES string of the molecule is CCCCCCCCCN(CCN)C(=O)CCCC(C)COCC(C)N. The maximum absolute atomic E-state index is 12.4. The number of rotatable bonds is 18. The minimum atomic E-state index is 0.0836. The summed E-state index contributed by atoms with van der Waals surface area (Å²) in [7, 11) is 0. The highest BCUT2D eigenvalue weighted by atomic mass is 16.5. The lowest BCUT2D eigenvalue weighted by Gasteiger charge is -2.22. The van der Waals surface area contributed by atoms with Crippen molar-refractivity contribution < 1.29 is 9.53 Å². The van der Waals surface area contributed by atoms with Gasteiger partial charge in [0.15, 0.2) is 0 Å². The Morgan fingerprint density at radius 3 is 2.23 bits per heavy atom. The first-order valence-electron chi connectivity index (χ1n) is 10.8. The van der Waals surface area contributed by atoms with Gasteiger partial charge in [-0.15, -0.1) is 0 Å². The fourth-order valence-electron chi connectivity index (χ4n) is 3.08. The minimum Gasteiger partial charge on any atom is -0.380 e. The van der Waals surface area contributed by atoms with Crippen molar-refractivity contribution in [2.45, 2.75) is 91.0 Å². The highest BCUT2D eigenvalue weighted by molar-refractivity contribution is 5.76. The molecule has 5 heteroatoms. The van der Waals surface area contributed by atoms with Gasteiger partial charge in [-0.3, -0.25) is 4.79 Å². The Morgan fingerprint density at radius 2 is 1.62 bits per heavy atom. The molecule has 0 aromatic rings. The van der Waals surface area contributed by atoms with Crippen molar-refractivity contribution in [3.05, 3.63) is 0 Å². The maximum atomic E-state index is 12.4. The standard InChI is InChI=1S/C21H45N3O2/c1-4-5-6-7-8-9-10-15-24(16-14-22)21(25)13-11-12-19(2)17-26-18-20(3)23/h19-20H,4-18,22-23H2,1-3H3. The molecule has 4 N–H and O–H groups in total. The topological polar surface area (TPSA) is 81.6 Å². The summed E-state index contributed by atoms with van der Waals surface area (Å²) in [6.07, 6.45) is 11.4. The number of carbonyl (C=O) groups is 1. The molecule has 0 rings (SSSR count). The highest BCUT2D eigenvalue weighted by Gasteiger charge is 2.13. The Bertz CT molecular complexity index is 324. The molecule has 2 unspecified atom stereocenters. The number of carbonyl (C=O) groups excluding carboxylic acids is 1. The van der Waals surface area contributed by atoms with Crippen molar-refractivity contribution in [3.63, 3.8) is 0 Å². The minimum absolute atomic E-state index is 0.0836. The molecular weight excluding hydrogens is 326 g/mol. The molecule has 1 amide bonds. The molecule has 0 spiro atoms. The van der Waals surface area contributed by atoms with Crippen LogP contribution >= 0.6 is 0 Å². The molecule has 0 radical (unpaired) electrons. The number of hydrogen-bond acceptors (Lipinski definition) is 4. The maximum Gasteiger partial charge on any atom is 0.222 e. The van der Waals surface area contributed by atoms with Gasteiger partial charge in [-0.1, -0.05) is 52.4 Å². The Hall–Kier alpha value is -0.650. The van der Waals surface area contributed by atoms with Crippen LogP contribution < -0.4 is 11.5 Å². The molecule has 0 aromatic carbocycles. The van der Waals surface area contributed by atoms with Gasteiger partial charge in [0.05, 0.1) is 6.61 Å². The van der Waals surface area contributed by atoms with Gasteiger partial charge < -0.3 is 21.1 Å². The van der Waals surface area contributed by atoms with E-state index in [4.69, 9.17) is 16.2 Å². The number of nitrogens with two attached hydrogens (primary N) is 2. The summed E-state index contributed by atoms with van der Waals surface area (Å²) in [5, 5.41) is 0. The first kappa shape index (κ1) is 25.4. The molecule has 0 heterocycles. The Labute approximate surface area is 162 Å². The van der Waals surface area contributed by atoms with Gasteiger partial charge in [0.25, 0.3) is 0 Å². The van der Waals surface area contributed by atoms with E-state index in [2.05, 4.69) is 13.8 Å². The molecule has 0 aliphatic heterocycles. The zero-order chi connectivity index (χ0) is 19.6. The van der Waals surface area contributed by atoms with Crippen LogP contribution in [0.25, 0.3) is 0 Å². The third-order valence-electron chi connectivity index (χ3n) is 4.65. The second kappa shape index (κ2) is 17.7. The van der Waals surface area contributed by atoms with E-state index in [0.717, 1.165) is 32.4 Å². The molecule has 0 saturated heterocycles. The van der Waals surface area contributed by atoms with Crippen LogP contribution in [-0.4, -0.2) is 49.7 Å². The Kier molecular flexibility index (Phi) is 17.3. The van der Waals surface area contributed by atoms with Crippen molar-refractivity contribution >= 4 is 5.91 Å². The first-order chi connectivity index (χ1) is 12.5. The lowest BCUT2D eigenvalue weighted by molar-refractivity contribution is -0.131. The van der Waals surface area contributed by atoms with Gasteiger partial charge >= 0.3 is 0 Å². The van der Waals surface area contributed by atoms with Gasteiger partial charge in [0, 0.05) is 38.7 Å². The summed E-state index contributed by atoms with van der Waals surface area (Å²) in [6, 6.07) is 0.0836. The predicted octanol–water partition coefficient (Wildman–Crippen LogP) is 3.69. The van der Waals surface area contributed by atoms with Gasteiger partial charge in [-0.2, -0.15) is 0 Å². The van der Waals surface area contributed by atoms with Crippen LogP contribution in [0, 0.1) is 5.92 Å². The summed E-state index contributed by atoms with van der Waals surface area (Å²) in [5.41, 5.74) is 11.4. The first-order valence-corrected chi connectivity index (χ1v) is 10.8. The average molecular weight is 372 g/mol. The van der Waals surface area contributed by atoms with Crippen LogP contribution in [0.3, 0.4) is 0 Å². The van der Waals surface area contributed by atoms with Gasteiger partial charge in [0.2, 0.25) is 5.91 Å². The van der Waals surface area contributed by atoms with Crippen LogP contribution in [0.4, 0.5) is 0 Å². The summed E-state index contributed by atoms with van der Waals surface area (Å²) >= 11 is 0. The van der Waals surface area contributed by atoms with Crippen LogP contribution in [-0.2, 0) is 9.53 Å². The number of hydrogen-bond donors (Lipinski definition) is 2. The average Bonchev–Trinajstić information content (AvgIpc) is 2.59. The van der Waals surface area contributed by atoms with Crippen molar-refractivity contribution in [1.82, 2.24) is 4.90 Å². The van der Waals surface area contributed by atoms with Crippen LogP contribution in [0.2, 0.25) is 0 Å². The van der Waals surface area contributed by atoms with Crippen LogP contribution in [0.15, 0.2) is 0 Å². The number of amides is 1. The van der Waals surface area contributed by atoms with Gasteiger partial charge in [0.1, 0.15) is 0 Å². The van der Waals surface area contributed by atoms with E-state index in [1.807, 2.05) is 11.8 Å². The van der Waals surface area contributed by atoms with Crippen LogP contribution in [0.5, 0.6) is 0 Å². The molecule has 0 saturated carbocycles. The monoisotopic (exact) mass is 371 g/mol. The lowest BCUT2D eigenvalue weighted by atomic mass is 10.0. The highest BCUT2D eigenvalue weighted by Crippen LogP contribution is 2.11. The van der Waals surface area contributed by atoms with Crippen molar-refractivity contribution in [3.8, 4) is 0 Å². The summed E-state index contributed by atoms with van der Waals surface area (Å²) in [6.45, 7) is 9.77. The molecule has 0 bridgehead atoms. The normalized spacial score (nSPS) is 13.6. The Morgan fingerprint density at radius 1 is 0.962 bits per heavy atom. The predicted molar refractivity (Wildman–Crippen MR) is 111 cm³/mol. The number of unbranched alkanes of at least 4 members (excludes halogenated alkanes) is 6. The molecule has 5 nitrogen and oxygen atoms in total. The van der Waals surface area contributed by atoms with Gasteiger partial charge in [-0.25, -0.2) is 0 Å². The molecule has 0 aliphatic carbocycles. The fraction of sp³-hybridized carbons (Fsp3) is 0.952. The molecule has 2 atom stereocenters. The third-order valence-corrected chi connectivity index (χ3v) is 4.65. The second-order valence-electron chi connectivity index (χ2n) is 7.80. The molecular formula is C21H45N3O2. The summed E-state index contributed by atoms with van der Waals surface area (Å²) < 4.78 is 5.56. The smallest absolute Gasteiger partial charge is 0.222 e. The quantitative estimate of drug-likeness (QED) is 0.360. The third kappa shape index (κ3) is 15.6. The van der Waals surface area contributed by atoms with E-state index in [1.54, 1.807) is 0 Å². The summed E-state index contributed by atoms with van der Waals surface area (Å²) in [5.74, 6) is 0.720. The zero-order valence-electron chi connectivity index (χ0n) is 17.7. The molecule has 0 aromatic heterocycles. The molecule has 0 aliphatic rings. The molecule has 156 valence electrons. The lowest BCUT2D eigenvalue weighted by Crippen LogP contribution is -2.36. The van der Waals surface area contributed by atoms with E-state index in [1.165, 1.54) is 38.5 Å². The Balaban J connectivity index is 3.85. The van der Waals surface area contributed by atoms with Gasteiger partial charge in [-0.05, 0) is 32.1 Å². The van der Waals surface area contributed by atoms with E-state index in [0.29, 0.717) is 32.0 Å². The van der Waals surface area contributed by atoms with Crippen molar-refractivity contribution in [2.24, 2.45) is 17.4 Å². The van der Waals surface area contributed by atoms with Crippen molar-refractivity contribution in [2.75, 3.05) is 32.8 Å². The summed E-state index contributed by atoms with van der Waals surface area (Å²) in [4.78, 5) is 14.4. The number of nitrogens with zero attached hydrogens (tertiary/aromatic N) is 1. The van der Waals surface area contributed by atoms with E-state index >= 15 is 0 Å². The zero-order valence-corrected chi connectivity index (χ0v) is 17.7. The van der Waals surface area contributed by atoms with E-state index < -0.39 is 0 Å². The van der Waals surface area contributed by atoms with Crippen LogP contribution in [0.1, 0.15) is 85.0 Å².